The number of tetrazole rings is 1. The molecule has 0 bridgehead atoms. The van der Waals surface area contributed by atoms with E-state index in [4.69, 9.17) is 0 Å². The molecule has 1 N–H and O–H groups in total. The zero-order chi connectivity index (χ0) is 24.8. The molecule has 0 atom stereocenters. The summed E-state index contributed by atoms with van der Waals surface area (Å²) < 4.78 is 39.5. The van der Waals surface area contributed by atoms with Gasteiger partial charge in [0, 0.05) is 15.6 Å². The lowest BCUT2D eigenvalue weighted by Gasteiger charge is -2.19. The van der Waals surface area contributed by atoms with Gasteiger partial charge in [0.25, 0.3) is 5.91 Å². The summed E-state index contributed by atoms with van der Waals surface area (Å²) in [4.78, 5) is 15.3. The Labute approximate surface area is 203 Å². The third kappa shape index (κ3) is 4.58. The largest absolute Gasteiger partial charge is 0.416 e. The van der Waals surface area contributed by atoms with Gasteiger partial charge >= 0.3 is 6.18 Å². The predicted molar refractivity (Wildman–Crippen MR) is 125 cm³/mol. The number of thiophene rings is 1. The molecule has 5 rings (SSSR count). The summed E-state index contributed by atoms with van der Waals surface area (Å²) in [5.74, 6) is 0.234. The molecular formula is C25H21F3N5OS-. The molecule has 1 aliphatic rings. The van der Waals surface area contributed by atoms with Crippen molar-refractivity contribution in [1.29, 1.82) is 0 Å². The van der Waals surface area contributed by atoms with Crippen LogP contribution in [-0.2, 0) is 18.1 Å². The SMILES string of the molecule is Cc1sc(C)c(C(=O)NC2(c3ccc(-c4nnn[n-]4)cc3)CC2)c1Cc1cccc(C(F)(F)F)c1. The second-order valence-electron chi connectivity index (χ2n) is 8.76. The van der Waals surface area contributed by atoms with E-state index < -0.39 is 17.3 Å². The quantitative estimate of drug-likeness (QED) is 0.397. The predicted octanol–water partition coefficient (Wildman–Crippen LogP) is 5.20. The van der Waals surface area contributed by atoms with Gasteiger partial charge in [0.15, 0.2) is 0 Å². The van der Waals surface area contributed by atoms with E-state index in [1.807, 2.05) is 38.1 Å². The molecule has 4 aromatic rings. The van der Waals surface area contributed by atoms with Crippen molar-refractivity contribution in [3.8, 4) is 11.4 Å². The third-order valence-corrected chi connectivity index (χ3v) is 7.43. The minimum atomic E-state index is -4.41. The zero-order valence-electron chi connectivity index (χ0n) is 19.0. The van der Waals surface area contributed by atoms with E-state index in [2.05, 4.69) is 25.9 Å². The lowest BCUT2D eigenvalue weighted by atomic mass is 9.97. The number of rotatable bonds is 6. The molecule has 1 aliphatic carbocycles. The second-order valence-corrected chi connectivity index (χ2v) is 10.2. The molecule has 1 amide bonds. The Morgan fingerprint density at radius 1 is 1.11 bits per heavy atom. The van der Waals surface area contributed by atoms with Crippen LogP contribution in [0.1, 0.15) is 55.2 Å². The van der Waals surface area contributed by atoms with Crippen LogP contribution in [0.5, 0.6) is 0 Å². The van der Waals surface area contributed by atoms with Crippen molar-refractivity contribution >= 4 is 17.2 Å². The smallest absolute Gasteiger partial charge is 0.342 e. The summed E-state index contributed by atoms with van der Waals surface area (Å²) in [5.41, 5.74) is 2.45. The van der Waals surface area contributed by atoms with Crippen LogP contribution in [0, 0.1) is 13.8 Å². The number of carbonyl (C=O) groups is 1. The van der Waals surface area contributed by atoms with Crippen LogP contribution < -0.4 is 10.4 Å². The van der Waals surface area contributed by atoms with E-state index in [1.165, 1.54) is 17.4 Å². The average molecular weight is 497 g/mol. The van der Waals surface area contributed by atoms with E-state index in [0.29, 0.717) is 17.0 Å². The molecule has 0 radical (unpaired) electrons. The lowest BCUT2D eigenvalue weighted by molar-refractivity contribution is -0.137. The van der Waals surface area contributed by atoms with E-state index in [0.717, 1.165) is 51.4 Å². The monoisotopic (exact) mass is 496 g/mol. The molecule has 1 fully saturated rings. The van der Waals surface area contributed by atoms with Crippen molar-refractivity contribution in [3.63, 3.8) is 0 Å². The molecule has 0 spiro atoms. The number of hydrogen-bond donors (Lipinski definition) is 1. The number of amides is 1. The van der Waals surface area contributed by atoms with E-state index in [-0.39, 0.29) is 12.3 Å². The molecule has 180 valence electrons. The minimum absolute atomic E-state index is 0.205. The maximum absolute atomic E-state index is 13.5. The molecule has 6 nitrogen and oxygen atoms in total. The van der Waals surface area contributed by atoms with Crippen molar-refractivity contribution in [2.45, 2.75) is 44.8 Å². The van der Waals surface area contributed by atoms with Gasteiger partial charge in [-0.3, -0.25) is 15.1 Å². The number of halogens is 3. The number of hydrogen-bond acceptors (Lipinski definition) is 5. The molecule has 0 saturated heterocycles. The molecule has 2 aromatic heterocycles. The molecule has 2 aromatic carbocycles. The zero-order valence-corrected chi connectivity index (χ0v) is 19.8. The summed E-state index contributed by atoms with van der Waals surface area (Å²) in [5, 5.41) is 17.9. The highest BCUT2D eigenvalue weighted by atomic mass is 32.1. The van der Waals surface area contributed by atoms with Crippen LogP contribution in [0.2, 0.25) is 0 Å². The van der Waals surface area contributed by atoms with Gasteiger partial charge in [-0.15, -0.1) is 11.3 Å². The number of alkyl halides is 3. The van der Waals surface area contributed by atoms with E-state index >= 15 is 0 Å². The Bertz CT molecular complexity index is 1370. The molecule has 2 heterocycles. The maximum atomic E-state index is 13.5. The topological polar surface area (TPSA) is 81.9 Å². The Kier molecular flexibility index (Phi) is 5.71. The first kappa shape index (κ1) is 23.2. The second kappa shape index (κ2) is 8.60. The van der Waals surface area contributed by atoms with Crippen LogP contribution in [-0.4, -0.2) is 21.4 Å². The van der Waals surface area contributed by atoms with Gasteiger partial charge in [0.2, 0.25) is 0 Å². The fraction of sp³-hybridized carbons (Fsp3) is 0.280. The highest BCUT2D eigenvalue weighted by molar-refractivity contribution is 7.12. The molecule has 0 aliphatic heterocycles. The number of nitrogens with zero attached hydrogens (tertiary/aromatic N) is 4. The summed E-state index contributed by atoms with van der Waals surface area (Å²) in [7, 11) is 0. The van der Waals surface area contributed by atoms with Crippen LogP contribution in [0.3, 0.4) is 0 Å². The first-order valence-corrected chi connectivity index (χ1v) is 11.8. The normalized spacial score (nSPS) is 14.7. The fourth-order valence-electron chi connectivity index (χ4n) is 4.39. The van der Waals surface area contributed by atoms with Gasteiger partial charge in [-0.25, -0.2) is 0 Å². The van der Waals surface area contributed by atoms with Crippen LogP contribution in [0.15, 0.2) is 48.5 Å². The minimum Gasteiger partial charge on any atom is -0.342 e. The first-order chi connectivity index (χ1) is 16.7. The molecule has 0 unspecified atom stereocenters. The molecule has 1 saturated carbocycles. The van der Waals surface area contributed by atoms with Gasteiger partial charge in [-0.1, -0.05) is 42.5 Å². The summed E-state index contributed by atoms with van der Waals surface area (Å²) in [6.45, 7) is 3.77. The summed E-state index contributed by atoms with van der Waals surface area (Å²) >= 11 is 1.49. The van der Waals surface area contributed by atoms with Crippen LogP contribution in [0.25, 0.3) is 11.4 Å². The Morgan fingerprint density at radius 3 is 2.49 bits per heavy atom. The Hall–Kier alpha value is -3.53. The van der Waals surface area contributed by atoms with Crippen molar-refractivity contribution in [2.24, 2.45) is 0 Å². The highest BCUT2D eigenvalue weighted by Gasteiger charge is 2.46. The van der Waals surface area contributed by atoms with Gasteiger partial charge in [0.1, 0.15) is 0 Å². The summed E-state index contributed by atoms with van der Waals surface area (Å²) in [6.07, 6.45) is -2.55. The number of nitrogens with one attached hydrogen (secondary N) is 1. The lowest BCUT2D eigenvalue weighted by Crippen LogP contribution is -2.35. The molecule has 10 heteroatoms. The fourth-order valence-corrected chi connectivity index (χ4v) is 5.47. The number of aryl methyl sites for hydroxylation is 2. The van der Waals surface area contributed by atoms with E-state index in [9.17, 15) is 18.0 Å². The van der Waals surface area contributed by atoms with Gasteiger partial charge < -0.3 is 10.4 Å². The first-order valence-electron chi connectivity index (χ1n) is 11.0. The van der Waals surface area contributed by atoms with E-state index in [1.54, 1.807) is 6.07 Å². The average Bonchev–Trinajstić information content (AvgIpc) is 3.26. The Balaban J connectivity index is 1.39. The van der Waals surface area contributed by atoms with Gasteiger partial charge in [0.05, 0.1) is 16.7 Å². The van der Waals surface area contributed by atoms with Crippen molar-refractivity contribution in [3.05, 3.63) is 86.1 Å². The van der Waals surface area contributed by atoms with Crippen molar-refractivity contribution in [1.82, 2.24) is 25.9 Å². The van der Waals surface area contributed by atoms with Crippen molar-refractivity contribution in [2.75, 3.05) is 0 Å². The number of carbonyl (C=O) groups excluding carboxylic acids is 1. The van der Waals surface area contributed by atoms with Crippen molar-refractivity contribution < 1.29 is 18.0 Å². The Morgan fingerprint density at radius 2 is 1.86 bits per heavy atom. The van der Waals surface area contributed by atoms with Gasteiger partial charge in [-0.05, 0) is 61.4 Å². The number of benzene rings is 2. The molecular weight excluding hydrogens is 475 g/mol. The number of aromatic nitrogens is 4. The molecule has 35 heavy (non-hydrogen) atoms. The summed E-state index contributed by atoms with van der Waals surface area (Å²) in [6, 6.07) is 12.9. The highest BCUT2D eigenvalue weighted by Crippen LogP contribution is 2.46. The van der Waals surface area contributed by atoms with Crippen LogP contribution in [0.4, 0.5) is 13.2 Å². The maximum Gasteiger partial charge on any atom is 0.416 e. The standard InChI is InChI=1S/C25H22F3N5OS/c1-14-20(13-16-4-3-5-19(12-16)25(26,27)28)21(15(2)35-14)23(34)29-24(10-11-24)18-8-6-17(7-9-18)22-30-32-33-31-22/h3-9,12H,10-11,13H2,1-2H3,(H2,29,30,31,32,33,34)/p-1. The van der Waals surface area contributed by atoms with Crippen LogP contribution >= 0.6 is 11.3 Å². The van der Waals surface area contributed by atoms with Gasteiger partial charge in [-0.2, -0.15) is 18.4 Å². The third-order valence-electron chi connectivity index (χ3n) is 6.36.